The molecule has 0 fully saturated rings. The fourth-order valence-electron chi connectivity index (χ4n) is 2.95. The molecule has 0 bridgehead atoms. The van der Waals surface area contributed by atoms with E-state index >= 15 is 0 Å². The Morgan fingerprint density at radius 2 is 1.77 bits per heavy atom. The maximum absolute atomic E-state index is 5.75. The first kappa shape index (κ1) is 25.4. The zero-order valence-corrected chi connectivity index (χ0v) is 20.5. The van der Waals surface area contributed by atoms with Gasteiger partial charge in [0.2, 0.25) is 0 Å². The summed E-state index contributed by atoms with van der Waals surface area (Å²) in [4.78, 5) is 0. The van der Waals surface area contributed by atoms with Crippen LogP contribution in [0.5, 0.6) is 0 Å². The average Bonchev–Trinajstić information content (AvgIpc) is 3.09. The van der Waals surface area contributed by atoms with Gasteiger partial charge in [0.1, 0.15) is 11.9 Å². The molecule has 0 aromatic heterocycles. The Morgan fingerprint density at radius 3 is 2.38 bits per heavy atom. The van der Waals surface area contributed by atoms with Gasteiger partial charge in [0.25, 0.3) is 0 Å². The SMILES string of the molecule is CC1=CC2=CC(C=[Si](C)C)OC2=C1.Cc1cc2ccccc2[cH-]1.[Cl-].[Cl-].[Zr+3]. The molecule has 0 saturated carbocycles. The number of rotatable bonds is 1. The largest absolute Gasteiger partial charge is 3.00 e. The molecule has 1 heterocycles. The molecule has 1 nitrogen and oxygen atoms in total. The second-order valence-electron chi connectivity index (χ2n) is 6.51. The fourth-order valence-corrected chi connectivity index (χ4v) is 3.78. The van der Waals surface area contributed by atoms with Crippen molar-refractivity contribution in [3.8, 4) is 0 Å². The van der Waals surface area contributed by atoms with Crippen molar-refractivity contribution in [2.75, 3.05) is 0 Å². The van der Waals surface area contributed by atoms with Crippen LogP contribution in [0, 0.1) is 6.92 Å². The molecule has 1 aliphatic heterocycles. The van der Waals surface area contributed by atoms with E-state index in [2.05, 4.69) is 87.2 Å². The van der Waals surface area contributed by atoms with E-state index in [9.17, 15) is 0 Å². The zero-order valence-electron chi connectivity index (χ0n) is 15.5. The van der Waals surface area contributed by atoms with E-state index in [0.29, 0.717) is 0 Å². The molecule has 4 rings (SSSR count). The molecule has 1 unspecified atom stereocenters. The molecule has 0 spiro atoms. The molecule has 2 aliphatic rings. The van der Waals surface area contributed by atoms with Crippen molar-refractivity contribution in [1.29, 1.82) is 0 Å². The number of ether oxygens (including phenoxy) is 1. The third-order valence-corrected chi connectivity index (χ3v) is 4.89. The molecule has 1 radical (unpaired) electrons. The first-order valence-corrected chi connectivity index (χ1v) is 10.6. The minimum Gasteiger partial charge on any atom is -1.00 e. The average molecular weight is 482 g/mol. The van der Waals surface area contributed by atoms with Crippen molar-refractivity contribution in [1.82, 2.24) is 0 Å². The van der Waals surface area contributed by atoms with Gasteiger partial charge in [0.15, 0.2) is 0 Å². The van der Waals surface area contributed by atoms with Crippen molar-refractivity contribution in [3.05, 3.63) is 77.1 Å². The second-order valence-corrected chi connectivity index (χ2v) is 9.00. The van der Waals surface area contributed by atoms with Crippen molar-refractivity contribution >= 4 is 24.9 Å². The summed E-state index contributed by atoms with van der Waals surface area (Å²) in [5.74, 6) is 1.06. The van der Waals surface area contributed by atoms with Crippen LogP contribution >= 0.6 is 0 Å². The van der Waals surface area contributed by atoms with Gasteiger partial charge in [-0.1, -0.05) is 31.8 Å². The Kier molecular flexibility index (Phi) is 11.0. The van der Waals surface area contributed by atoms with Gasteiger partial charge in [-0.15, -0.1) is 40.6 Å². The van der Waals surface area contributed by atoms with Crippen molar-refractivity contribution in [3.63, 3.8) is 0 Å². The van der Waals surface area contributed by atoms with Crippen LogP contribution in [-0.4, -0.2) is 20.2 Å². The van der Waals surface area contributed by atoms with Crippen LogP contribution in [0.4, 0.5) is 0 Å². The first-order valence-electron chi connectivity index (χ1n) is 8.07. The molecule has 5 heteroatoms. The van der Waals surface area contributed by atoms with Gasteiger partial charge in [0, 0.05) is 14.0 Å². The zero-order chi connectivity index (χ0) is 16.4. The maximum Gasteiger partial charge on any atom is 3.00 e. The molecule has 2 aromatic carbocycles. The molecule has 135 valence electrons. The van der Waals surface area contributed by atoms with Gasteiger partial charge in [-0.05, 0) is 30.7 Å². The fraction of sp³-hybridized carbons (Fsp3) is 0.238. The monoisotopic (exact) mass is 479 g/mol. The van der Waals surface area contributed by atoms with Gasteiger partial charge in [0.05, 0.1) is 0 Å². The van der Waals surface area contributed by atoms with Crippen LogP contribution in [0.3, 0.4) is 0 Å². The van der Waals surface area contributed by atoms with E-state index in [1.807, 2.05) is 0 Å². The molecule has 2 aromatic rings. The Labute approximate surface area is 189 Å². The van der Waals surface area contributed by atoms with E-state index in [0.717, 1.165) is 5.76 Å². The number of benzene rings is 1. The number of halogens is 2. The van der Waals surface area contributed by atoms with E-state index in [-0.39, 0.29) is 65.5 Å². The Morgan fingerprint density at radius 1 is 1.08 bits per heavy atom. The van der Waals surface area contributed by atoms with Crippen LogP contribution in [0.1, 0.15) is 12.5 Å². The Balaban J connectivity index is 0.000000441. The first-order chi connectivity index (χ1) is 11.0. The number of fused-ring (bicyclic) bond motifs is 2. The smallest absolute Gasteiger partial charge is 1.00 e. The van der Waals surface area contributed by atoms with E-state index < -0.39 is 0 Å². The summed E-state index contributed by atoms with van der Waals surface area (Å²) in [7, 11) is -0.304. The molecular weight excluding hydrogens is 458 g/mol. The van der Waals surface area contributed by atoms with Crippen LogP contribution in [0.15, 0.2) is 71.5 Å². The number of hydrogen-bond acceptors (Lipinski definition) is 1. The predicted octanol–water partition coefficient (Wildman–Crippen LogP) is -0.834. The van der Waals surface area contributed by atoms with Crippen LogP contribution in [-0.2, 0) is 30.9 Å². The summed E-state index contributed by atoms with van der Waals surface area (Å²) >= 11 is 0. The molecule has 0 N–H and O–H groups in total. The standard InChI is InChI=1S/C11H14OSi.C10H9.2ClH.Zr/c1-8-4-9-6-10(7-13(2)3)12-11(9)5-8;1-8-6-9-4-2-3-5-10(9)7-8;;;/h4-7,10H,1-3H3;2-7H,1H3;2*1H;/q;-1;;;+3/p-2. The van der Waals surface area contributed by atoms with E-state index in [1.165, 1.54) is 27.5 Å². The number of aryl methyl sites for hydroxylation is 1. The molecule has 0 amide bonds. The topological polar surface area (TPSA) is 9.23 Å². The minimum absolute atomic E-state index is 0. The summed E-state index contributed by atoms with van der Waals surface area (Å²) in [6.07, 6.45) is 6.73. The van der Waals surface area contributed by atoms with Crippen molar-refractivity contribution in [2.45, 2.75) is 33.0 Å². The van der Waals surface area contributed by atoms with Crippen LogP contribution < -0.4 is 24.8 Å². The van der Waals surface area contributed by atoms with Crippen molar-refractivity contribution < 1.29 is 55.8 Å². The minimum atomic E-state index is -0.304. The summed E-state index contributed by atoms with van der Waals surface area (Å²) in [6.45, 7) is 8.77. The molecule has 26 heavy (non-hydrogen) atoms. The number of hydrogen-bond donors (Lipinski definition) is 0. The summed E-state index contributed by atoms with van der Waals surface area (Å²) in [5.41, 5.74) is 6.22. The Bertz CT molecular complexity index is 825. The molecule has 1 atom stereocenters. The van der Waals surface area contributed by atoms with Gasteiger partial charge in [-0.3, -0.25) is 0 Å². The number of allylic oxidation sites excluding steroid dienone is 3. The van der Waals surface area contributed by atoms with E-state index in [4.69, 9.17) is 4.74 Å². The van der Waals surface area contributed by atoms with Gasteiger partial charge in [-0.25, -0.2) is 0 Å². The molecule has 1 aliphatic carbocycles. The van der Waals surface area contributed by atoms with Gasteiger partial charge in [-0.2, -0.15) is 6.07 Å². The molecule has 0 saturated heterocycles. The third-order valence-electron chi connectivity index (χ3n) is 3.89. The van der Waals surface area contributed by atoms with Crippen LogP contribution in [0.25, 0.3) is 10.8 Å². The van der Waals surface area contributed by atoms with Crippen molar-refractivity contribution in [2.24, 2.45) is 0 Å². The normalized spacial score (nSPS) is 16.2. The summed E-state index contributed by atoms with van der Waals surface area (Å²) in [6, 6.07) is 12.8. The second kappa shape index (κ2) is 11.3. The predicted molar refractivity (Wildman–Crippen MR) is 103 cm³/mol. The third kappa shape index (κ3) is 6.53. The van der Waals surface area contributed by atoms with Crippen LogP contribution in [0.2, 0.25) is 13.1 Å². The van der Waals surface area contributed by atoms with Gasteiger partial charge < -0.3 is 29.6 Å². The molecular formula is C21H23Cl2OSiZr. The summed E-state index contributed by atoms with van der Waals surface area (Å²) in [5, 5.41) is 2.69. The van der Waals surface area contributed by atoms with E-state index in [1.54, 1.807) is 0 Å². The summed E-state index contributed by atoms with van der Waals surface area (Å²) < 4.78 is 5.75. The Hall–Kier alpha value is -0.600. The van der Waals surface area contributed by atoms with Gasteiger partial charge >= 0.3 is 26.2 Å². The quantitative estimate of drug-likeness (QED) is 0.382. The maximum atomic E-state index is 5.75.